The van der Waals surface area contributed by atoms with E-state index in [-0.39, 0.29) is 12.5 Å². The first-order valence-corrected chi connectivity index (χ1v) is 5.99. The summed E-state index contributed by atoms with van der Waals surface area (Å²) < 4.78 is 4.91. The molecule has 92 valence electrons. The van der Waals surface area contributed by atoms with Gasteiger partial charge < -0.3 is 10.1 Å². The minimum absolute atomic E-state index is 0.0828. The summed E-state index contributed by atoms with van der Waals surface area (Å²) in [5.74, 6) is -0.250. The highest BCUT2D eigenvalue weighted by Crippen LogP contribution is 2.20. The van der Waals surface area contributed by atoms with E-state index >= 15 is 0 Å². The van der Waals surface area contributed by atoms with Gasteiger partial charge in [-0.25, -0.2) is 0 Å². The van der Waals surface area contributed by atoms with Crippen molar-refractivity contribution in [3.63, 3.8) is 0 Å². The topological polar surface area (TPSA) is 38.3 Å². The number of carbonyl (C=O) groups excluding carboxylic acids is 1. The first kappa shape index (κ1) is 14.2. The van der Waals surface area contributed by atoms with E-state index in [0.717, 1.165) is 5.56 Å². The Labute approximate surface area is 115 Å². The molecule has 0 radical (unpaired) electrons. The summed E-state index contributed by atoms with van der Waals surface area (Å²) in [6.07, 6.45) is 0. The maximum absolute atomic E-state index is 11.3. The van der Waals surface area contributed by atoms with Gasteiger partial charge in [0.15, 0.2) is 11.7 Å². The molecule has 0 bridgehead atoms. The molecule has 0 aliphatic heterocycles. The normalized spacial score (nSPS) is 9.82. The number of thiocarbonyl (C=S) groups is 1. The van der Waals surface area contributed by atoms with Gasteiger partial charge in [-0.2, -0.15) is 0 Å². The van der Waals surface area contributed by atoms with Crippen LogP contribution in [0.15, 0.2) is 18.2 Å². The predicted molar refractivity (Wildman–Crippen MR) is 72.5 cm³/mol. The Morgan fingerprint density at radius 2 is 2.18 bits per heavy atom. The minimum Gasteiger partial charge on any atom is -0.478 e. The Bertz CT molecular complexity index is 437. The fraction of sp³-hybridized carbons (Fsp3) is 0.273. The quantitative estimate of drug-likeness (QED) is 0.867. The molecule has 6 heteroatoms. The second-order valence-electron chi connectivity index (χ2n) is 3.29. The smallest absolute Gasteiger partial charge is 0.258 e. The molecule has 0 aromatic heterocycles. The van der Waals surface area contributed by atoms with Gasteiger partial charge in [-0.1, -0.05) is 29.3 Å². The fourth-order valence-electron chi connectivity index (χ4n) is 1.08. The van der Waals surface area contributed by atoms with Gasteiger partial charge in [-0.3, -0.25) is 4.79 Å². The molecule has 0 aliphatic rings. The third-order valence-corrected chi connectivity index (χ3v) is 2.60. The molecule has 1 aromatic carbocycles. The van der Waals surface area contributed by atoms with Crippen LogP contribution in [-0.4, -0.2) is 17.6 Å². The van der Waals surface area contributed by atoms with Gasteiger partial charge >= 0.3 is 0 Å². The zero-order valence-electron chi connectivity index (χ0n) is 9.13. The molecule has 1 amide bonds. The number of amides is 1. The van der Waals surface area contributed by atoms with Gasteiger partial charge in [0, 0.05) is 23.5 Å². The molecule has 0 aliphatic carbocycles. The number of carbonyl (C=O) groups is 1. The first-order chi connectivity index (χ1) is 7.99. The number of hydrogen-bond acceptors (Lipinski definition) is 3. The zero-order chi connectivity index (χ0) is 12.8. The number of rotatable bonds is 4. The van der Waals surface area contributed by atoms with E-state index < -0.39 is 0 Å². The molecule has 0 saturated heterocycles. The molecule has 17 heavy (non-hydrogen) atoms. The van der Waals surface area contributed by atoms with E-state index in [1.807, 2.05) is 0 Å². The van der Waals surface area contributed by atoms with E-state index in [4.69, 9.17) is 27.9 Å². The fourth-order valence-corrected chi connectivity index (χ4v) is 1.61. The van der Waals surface area contributed by atoms with Gasteiger partial charge in [-0.15, -0.1) is 0 Å². The van der Waals surface area contributed by atoms with E-state index in [1.54, 1.807) is 25.1 Å². The lowest BCUT2D eigenvalue weighted by molar-refractivity contribution is -0.123. The largest absolute Gasteiger partial charge is 0.478 e. The van der Waals surface area contributed by atoms with Crippen molar-refractivity contribution in [3.8, 4) is 0 Å². The number of nitrogens with one attached hydrogen (secondary N) is 1. The monoisotopic (exact) mass is 291 g/mol. The van der Waals surface area contributed by atoms with Crippen LogP contribution in [0.2, 0.25) is 10.0 Å². The van der Waals surface area contributed by atoms with E-state index in [0.29, 0.717) is 21.6 Å². The van der Waals surface area contributed by atoms with Crippen LogP contribution >= 0.6 is 35.4 Å². The molecule has 0 fully saturated rings. The van der Waals surface area contributed by atoms with Crippen LogP contribution in [0.25, 0.3) is 0 Å². The Morgan fingerprint density at radius 3 is 2.76 bits per heavy atom. The Kier molecular flexibility index (Phi) is 5.68. The number of ether oxygens (including phenoxy) is 1. The molecular weight excluding hydrogens is 281 g/mol. The summed E-state index contributed by atoms with van der Waals surface area (Å²) in [7, 11) is 0. The average Bonchev–Trinajstić information content (AvgIpc) is 2.25. The van der Waals surface area contributed by atoms with Gasteiger partial charge in [0.2, 0.25) is 0 Å². The third-order valence-electron chi connectivity index (χ3n) is 1.90. The highest BCUT2D eigenvalue weighted by Gasteiger charge is 2.05. The van der Waals surface area contributed by atoms with Crippen molar-refractivity contribution in [1.82, 2.24) is 5.32 Å². The predicted octanol–water partition coefficient (Wildman–Crippen LogP) is 2.97. The number of benzene rings is 1. The summed E-state index contributed by atoms with van der Waals surface area (Å²) in [5.41, 5.74) is 0.795. The van der Waals surface area contributed by atoms with Crippen molar-refractivity contribution in [3.05, 3.63) is 33.8 Å². The highest BCUT2D eigenvalue weighted by molar-refractivity contribution is 7.80. The van der Waals surface area contributed by atoms with Crippen LogP contribution in [0.3, 0.4) is 0 Å². The van der Waals surface area contributed by atoms with Crippen molar-refractivity contribution in [2.75, 3.05) is 6.61 Å². The minimum atomic E-state index is -0.250. The lowest BCUT2D eigenvalue weighted by Gasteiger charge is -2.07. The lowest BCUT2D eigenvalue weighted by atomic mass is 10.2. The molecular formula is C11H11Cl2NO2S. The van der Waals surface area contributed by atoms with Crippen LogP contribution in [-0.2, 0) is 16.1 Å². The average molecular weight is 292 g/mol. The summed E-state index contributed by atoms with van der Waals surface area (Å²) in [6, 6.07) is 5.10. The van der Waals surface area contributed by atoms with Crippen LogP contribution in [0, 0.1) is 0 Å². The molecule has 1 rings (SSSR count). The van der Waals surface area contributed by atoms with Crippen molar-refractivity contribution in [2.45, 2.75) is 13.5 Å². The molecule has 3 nitrogen and oxygen atoms in total. The van der Waals surface area contributed by atoms with Gasteiger partial charge in [0.05, 0.1) is 0 Å². The molecule has 0 saturated carbocycles. The SMILES string of the molecule is CC(=S)OCC(=O)NCc1ccc(Cl)cc1Cl. The third kappa shape index (κ3) is 5.35. The molecule has 1 N–H and O–H groups in total. The van der Waals surface area contributed by atoms with Crippen molar-refractivity contribution < 1.29 is 9.53 Å². The zero-order valence-corrected chi connectivity index (χ0v) is 11.5. The van der Waals surface area contributed by atoms with Crippen LogP contribution in [0.1, 0.15) is 12.5 Å². The number of halogens is 2. The van der Waals surface area contributed by atoms with Gasteiger partial charge in [-0.05, 0) is 29.9 Å². The standard InChI is InChI=1S/C11H11Cl2NO2S/c1-7(17)16-6-11(15)14-5-8-2-3-9(12)4-10(8)13/h2-4H,5-6H2,1H3,(H,14,15). The number of hydrogen-bond donors (Lipinski definition) is 1. The van der Waals surface area contributed by atoms with Crippen molar-refractivity contribution in [2.24, 2.45) is 0 Å². The summed E-state index contributed by atoms with van der Waals surface area (Å²) >= 11 is 16.4. The summed E-state index contributed by atoms with van der Waals surface area (Å²) in [6.45, 7) is 1.86. The Balaban J connectivity index is 2.44. The van der Waals surface area contributed by atoms with E-state index in [1.165, 1.54) is 0 Å². The van der Waals surface area contributed by atoms with Crippen LogP contribution in [0.5, 0.6) is 0 Å². The maximum Gasteiger partial charge on any atom is 0.258 e. The van der Waals surface area contributed by atoms with Crippen molar-refractivity contribution in [1.29, 1.82) is 0 Å². The van der Waals surface area contributed by atoms with Crippen LogP contribution in [0.4, 0.5) is 0 Å². The summed E-state index contributed by atoms with van der Waals surface area (Å²) in [5, 5.41) is 4.08. The molecule has 0 atom stereocenters. The molecule has 0 spiro atoms. The van der Waals surface area contributed by atoms with Gasteiger partial charge in [0.1, 0.15) is 0 Å². The van der Waals surface area contributed by atoms with Crippen LogP contribution < -0.4 is 5.32 Å². The molecule has 0 heterocycles. The van der Waals surface area contributed by atoms with Gasteiger partial charge in [0.25, 0.3) is 5.91 Å². The Morgan fingerprint density at radius 1 is 1.47 bits per heavy atom. The summed E-state index contributed by atoms with van der Waals surface area (Å²) in [4.78, 5) is 11.3. The second-order valence-corrected chi connectivity index (χ2v) is 4.71. The lowest BCUT2D eigenvalue weighted by Crippen LogP contribution is -2.27. The van der Waals surface area contributed by atoms with E-state index in [9.17, 15) is 4.79 Å². The Hall–Kier alpha value is -0.840. The molecule has 0 unspecified atom stereocenters. The van der Waals surface area contributed by atoms with Crippen molar-refractivity contribution >= 4 is 46.4 Å². The first-order valence-electron chi connectivity index (χ1n) is 4.83. The highest BCUT2D eigenvalue weighted by atomic mass is 35.5. The maximum atomic E-state index is 11.3. The second kappa shape index (κ2) is 6.79. The molecule has 1 aromatic rings. The van der Waals surface area contributed by atoms with E-state index in [2.05, 4.69) is 17.5 Å².